The highest BCUT2D eigenvalue weighted by atomic mass is 32.2. The smallest absolute Gasteiger partial charge is 0.0106 e. The standard InChI is InChI=1S/C7H15NS/c1-5(2)7(8)6-3-9-4-6/h5-7H,3-4,8H2,1-2H3. The molecule has 0 aromatic heterocycles. The highest BCUT2D eigenvalue weighted by Crippen LogP contribution is 2.29. The van der Waals surface area contributed by atoms with E-state index in [4.69, 9.17) is 5.73 Å². The summed E-state index contributed by atoms with van der Waals surface area (Å²) in [6.07, 6.45) is 0. The van der Waals surface area contributed by atoms with Gasteiger partial charge < -0.3 is 5.73 Å². The summed E-state index contributed by atoms with van der Waals surface area (Å²) in [6.45, 7) is 4.40. The van der Waals surface area contributed by atoms with Crippen LogP contribution < -0.4 is 5.73 Å². The first-order valence-corrected chi connectivity index (χ1v) is 4.70. The van der Waals surface area contributed by atoms with Crippen LogP contribution in [0.1, 0.15) is 13.8 Å². The lowest BCUT2D eigenvalue weighted by Crippen LogP contribution is -2.41. The van der Waals surface area contributed by atoms with E-state index in [9.17, 15) is 0 Å². The molecule has 0 aromatic carbocycles. The molecule has 1 unspecified atom stereocenters. The van der Waals surface area contributed by atoms with Gasteiger partial charge in [-0.05, 0) is 23.3 Å². The Morgan fingerprint density at radius 1 is 1.44 bits per heavy atom. The summed E-state index contributed by atoms with van der Waals surface area (Å²) in [4.78, 5) is 0. The van der Waals surface area contributed by atoms with Crippen molar-refractivity contribution in [1.29, 1.82) is 0 Å². The molecule has 2 N–H and O–H groups in total. The molecule has 1 aliphatic rings. The van der Waals surface area contributed by atoms with E-state index in [1.807, 2.05) is 11.8 Å². The molecule has 1 fully saturated rings. The lowest BCUT2D eigenvalue weighted by atomic mass is 9.94. The lowest BCUT2D eigenvalue weighted by Gasteiger charge is -2.32. The Balaban J connectivity index is 2.23. The Kier molecular flexibility index (Phi) is 2.42. The second-order valence-electron chi connectivity index (χ2n) is 3.12. The summed E-state index contributed by atoms with van der Waals surface area (Å²) in [6, 6.07) is 0.450. The van der Waals surface area contributed by atoms with Crippen molar-refractivity contribution in [2.75, 3.05) is 11.5 Å². The molecule has 1 atom stereocenters. The molecule has 0 spiro atoms. The third-order valence-corrected chi connectivity index (χ3v) is 3.31. The van der Waals surface area contributed by atoms with Crippen molar-refractivity contribution >= 4 is 11.8 Å². The first-order valence-electron chi connectivity index (χ1n) is 3.55. The van der Waals surface area contributed by atoms with Crippen molar-refractivity contribution < 1.29 is 0 Å². The topological polar surface area (TPSA) is 26.0 Å². The van der Waals surface area contributed by atoms with E-state index in [2.05, 4.69) is 13.8 Å². The average molecular weight is 145 g/mol. The zero-order valence-corrected chi connectivity index (χ0v) is 6.95. The van der Waals surface area contributed by atoms with Crippen LogP contribution in [0.2, 0.25) is 0 Å². The van der Waals surface area contributed by atoms with Crippen LogP contribution >= 0.6 is 11.8 Å². The molecule has 0 aliphatic carbocycles. The zero-order chi connectivity index (χ0) is 6.85. The van der Waals surface area contributed by atoms with Gasteiger partial charge in [0.15, 0.2) is 0 Å². The van der Waals surface area contributed by atoms with E-state index >= 15 is 0 Å². The van der Waals surface area contributed by atoms with Gasteiger partial charge in [0.25, 0.3) is 0 Å². The number of hydrogen-bond donors (Lipinski definition) is 1. The molecular weight excluding hydrogens is 130 g/mol. The second-order valence-corrected chi connectivity index (χ2v) is 4.19. The van der Waals surface area contributed by atoms with Crippen LogP contribution in [0.5, 0.6) is 0 Å². The van der Waals surface area contributed by atoms with E-state index in [0.717, 1.165) is 5.92 Å². The van der Waals surface area contributed by atoms with Crippen LogP contribution in [0.25, 0.3) is 0 Å². The molecule has 1 aliphatic heterocycles. The molecule has 1 saturated heterocycles. The number of nitrogens with two attached hydrogens (primary N) is 1. The van der Waals surface area contributed by atoms with Crippen molar-refractivity contribution in [3.63, 3.8) is 0 Å². The van der Waals surface area contributed by atoms with E-state index in [-0.39, 0.29) is 0 Å². The summed E-state index contributed by atoms with van der Waals surface area (Å²) in [5, 5.41) is 0. The number of hydrogen-bond acceptors (Lipinski definition) is 2. The minimum atomic E-state index is 0.450. The van der Waals surface area contributed by atoms with Crippen LogP contribution in [0.15, 0.2) is 0 Å². The fourth-order valence-corrected chi connectivity index (χ4v) is 1.97. The Morgan fingerprint density at radius 3 is 2.11 bits per heavy atom. The van der Waals surface area contributed by atoms with E-state index in [1.54, 1.807) is 0 Å². The van der Waals surface area contributed by atoms with Gasteiger partial charge in [-0.15, -0.1) is 0 Å². The fourth-order valence-electron chi connectivity index (χ4n) is 1.02. The zero-order valence-electron chi connectivity index (χ0n) is 6.13. The summed E-state index contributed by atoms with van der Waals surface area (Å²) in [5.74, 6) is 4.06. The third kappa shape index (κ3) is 1.62. The van der Waals surface area contributed by atoms with Crippen LogP contribution in [0.4, 0.5) is 0 Å². The molecule has 0 saturated carbocycles. The minimum Gasteiger partial charge on any atom is -0.327 e. The lowest BCUT2D eigenvalue weighted by molar-refractivity contribution is 0.384. The van der Waals surface area contributed by atoms with E-state index < -0.39 is 0 Å². The largest absolute Gasteiger partial charge is 0.327 e. The quantitative estimate of drug-likeness (QED) is 0.634. The molecule has 1 heterocycles. The van der Waals surface area contributed by atoms with Crippen molar-refractivity contribution in [2.45, 2.75) is 19.9 Å². The summed E-state index contributed by atoms with van der Waals surface area (Å²) >= 11 is 2.01. The maximum absolute atomic E-state index is 5.91. The van der Waals surface area contributed by atoms with Crippen molar-refractivity contribution in [1.82, 2.24) is 0 Å². The monoisotopic (exact) mass is 145 g/mol. The van der Waals surface area contributed by atoms with Crippen LogP contribution in [-0.4, -0.2) is 17.5 Å². The molecule has 9 heavy (non-hydrogen) atoms. The Labute approximate surface area is 61.4 Å². The molecule has 0 radical (unpaired) electrons. The fraction of sp³-hybridized carbons (Fsp3) is 1.00. The minimum absolute atomic E-state index is 0.450. The number of rotatable bonds is 2. The van der Waals surface area contributed by atoms with Crippen molar-refractivity contribution in [3.8, 4) is 0 Å². The van der Waals surface area contributed by atoms with Gasteiger partial charge in [0, 0.05) is 6.04 Å². The molecule has 1 nitrogen and oxygen atoms in total. The van der Waals surface area contributed by atoms with Gasteiger partial charge in [-0.1, -0.05) is 13.8 Å². The first kappa shape index (κ1) is 7.42. The average Bonchev–Trinajstić information content (AvgIpc) is 1.60. The van der Waals surface area contributed by atoms with Crippen LogP contribution in [-0.2, 0) is 0 Å². The molecule has 1 rings (SSSR count). The molecule has 2 heteroatoms. The van der Waals surface area contributed by atoms with Gasteiger partial charge in [0.05, 0.1) is 0 Å². The highest BCUT2D eigenvalue weighted by molar-refractivity contribution is 8.00. The maximum atomic E-state index is 5.91. The predicted octanol–water partition coefficient (Wildman–Crippen LogP) is 1.33. The van der Waals surface area contributed by atoms with E-state index in [0.29, 0.717) is 12.0 Å². The summed E-state index contributed by atoms with van der Waals surface area (Å²) in [7, 11) is 0. The second kappa shape index (κ2) is 2.93. The summed E-state index contributed by atoms with van der Waals surface area (Å²) in [5.41, 5.74) is 5.91. The van der Waals surface area contributed by atoms with E-state index in [1.165, 1.54) is 11.5 Å². The predicted molar refractivity (Wildman–Crippen MR) is 43.6 cm³/mol. The van der Waals surface area contributed by atoms with Crippen molar-refractivity contribution in [2.24, 2.45) is 17.6 Å². The molecule has 0 aromatic rings. The first-order chi connectivity index (χ1) is 4.22. The van der Waals surface area contributed by atoms with Crippen LogP contribution in [0.3, 0.4) is 0 Å². The van der Waals surface area contributed by atoms with Gasteiger partial charge in [-0.2, -0.15) is 11.8 Å². The Hall–Kier alpha value is 0.310. The molecular formula is C7H15NS. The van der Waals surface area contributed by atoms with Gasteiger partial charge in [-0.25, -0.2) is 0 Å². The Morgan fingerprint density at radius 2 is 2.00 bits per heavy atom. The molecule has 54 valence electrons. The normalized spacial score (nSPS) is 24.0. The third-order valence-electron chi connectivity index (χ3n) is 1.98. The highest BCUT2D eigenvalue weighted by Gasteiger charge is 2.26. The van der Waals surface area contributed by atoms with Crippen molar-refractivity contribution in [3.05, 3.63) is 0 Å². The van der Waals surface area contributed by atoms with Crippen LogP contribution in [0, 0.1) is 11.8 Å². The van der Waals surface area contributed by atoms with Gasteiger partial charge >= 0.3 is 0 Å². The number of thioether (sulfide) groups is 1. The van der Waals surface area contributed by atoms with Gasteiger partial charge in [0.1, 0.15) is 0 Å². The maximum Gasteiger partial charge on any atom is 0.0106 e. The summed E-state index contributed by atoms with van der Waals surface area (Å²) < 4.78 is 0. The van der Waals surface area contributed by atoms with Gasteiger partial charge in [0.2, 0.25) is 0 Å². The molecule has 0 bridgehead atoms. The molecule has 0 amide bonds. The SMILES string of the molecule is CC(C)C(N)C1CSC1. The van der Waals surface area contributed by atoms with Gasteiger partial charge in [-0.3, -0.25) is 0 Å². The Bertz CT molecular complexity index is 88.9.